The molecule has 1 unspecified atom stereocenters. The average molecular weight is 230 g/mol. The predicted molar refractivity (Wildman–Crippen MR) is 59.3 cm³/mol. The molecule has 0 aromatic heterocycles. The van der Waals surface area contributed by atoms with Crippen LogP contribution in [0.1, 0.15) is 12.8 Å². The van der Waals surface area contributed by atoms with E-state index in [1.54, 1.807) is 7.11 Å². The lowest BCUT2D eigenvalue weighted by molar-refractivity contribution is -0.139. The molecule has 0 aliphatic rings. The van der Waals surface area contributed by atoms with Crippen molar-refractivity contribution in [3.05, 3.63) is 12.7 Å². The molecule has 3 N–H and O–H groups in total. The third-order valence-electron chi connectivity index (χ3n) is 1.82. The molecule has 0 spiro atoms. The number of hydrogen-bond acceptors (Lipinski definition) is 3. The molecule has 0 aromatic carbocycles. The number of carbonyl (C=O) groups is 2. The van der Waals surface area contributed by atoms with Crippen LogP contribution in [0.2, 0.25) is 0 Å². The summed E-state index contributed by atoms with van der Waals surface area (Å²) in [5, 5.41) is 13.6. The van der Waals surface area contributed by atoms with E-state index < -0.39 is 18.0 Å². The third kappa shape index (κ3) is 6.83. The molecule has 0 bridgehead atoms. The molecule has 0 saturated carbocycles. The van der Waals surface area contributed by atoms with Crippen LogP contribution in [0.5, 0.6) is 0 Å². The highest BCUT2D eigenvalue weighted by Crippen LogP contribution is 1.92. The topological polar surface area (TPSA) is 87.7 Å². The van der Waals surface area contributed by atoms with Gasteiger partial charge in [-0.25, -0.2) is 9.59 Å². The fourth-order valence-corrected chi connectivity index (χ4v) is 1.02. The molecule has 6 heteroatoms. The molecular formula is C10H18N2O4. The van der Waals surface area contributed by atoms with Crippen LogP contribution in [0.15, 0.2) is 12.7 Å². The number of carboxylic acids is 1. The Morgan fingerprint density at radius 3 is 2.75 bits per heavy atom. The van der Waals surface area contributed by atoms with Gasteiger partial charge in [0.25, 0.3) is 0 Å². The van der Waals surface area contributed by atoms with Crippen molar-refractivity contribution in [1.82, 2.24) is 10.6 Å². The molecule has 92 valence electrons. The van der Waals surface area contributed by atoms with Crippen LogP contribution in [-0.4, -0.2) is 43.4 Å². The number of methoxy groups -OCH3 is 1. The summed E-state index contributed by atoms with van der Waals surface area (Å²) in [6.07, 6.45) is 2.33. The fourth-order valence-electron chi connectivity index (χ4n) is 1.02. The predicted octanol–water partition coefficient (Wildman–Crippen LogP) is 0.351. The Balaban J connectivity index is 3.81. The van der Waals surface area contributed by atoms with Crippen molar-refractivity contribution in [2.45, 2.75) is 18.9 Å². The maximum atomic E-state index is 11.2. The number of urea groups is 1. The Kier molecular flexibility index (Phi) is 7.87. The monoisotopic (exact) mass is 230 g/mol. The molecule has 0 aliphatic heterocycles. The van der Waals surface area contributed by atoms with Crippen molar-refractivity contribution in [1.29, 1.82) is 0 Å². The maximum Gasteiger partial charge on any atom is 0.326 e. The minimum Gasteiger partial charge on any atom is -0.480 e. The lowest BCUT2D eigenvalue weighted by Crippen LogP contribution is -2.46. The molecule has 0 aromatic rings. The lowest BCUT2D eigenvalue weighted by atomic mass is 10.2. The molecule has 0 rings (SSSR count). The number of amides is 2. The van der Waals surface area contributed by atoms with Gasteiger partial charge in [-0.1, -0.05) is 6.08 Å². The van der Waals surface area contributed by atoms with Gasteiger partial charge in [0, 0.05) is 20.3 Å². The largest absolute Gasteiger partial charge is 0.480 e. The Morgan fingerprint density at radius 2 is 2.25 bits per heavy atom. The number of rotatable bonds is 8. The van der Waals surface area contributed by atoms with Crippen LogP contribution in [0.4, 0.5) is 4.79 Å². The molecule has 0 fully saturated rings. The van der Waals surface area contributed by atoms with Crippen LogP contribution in [0.3, 0.4) is 0 Å². The summed E-state index contributed by atoms with van der Waals surface area (Å²) in [5.74, 6) is -1.08. The van der Waals surface area contributed by atoms with E-state index in [0.717, 1.165) is 0 Å². The van der Waals surface area contributed by atoms with E-state index in [-0.39, 0.29) is 6.42 Å². The van der Waals surface area contributed by atoms with Crippen LogP contribution in [0.25, 0.3) is 0 Å². The van der Waals surface area contributed by atoms with Gasteiger partial charge < -0.3 is 20.5 Å². The Morgan fingerprint density at radius 1 is 1.56 bits per heavy atom. The van der Waals surface area contributed by atoms with Crippen molar-refractivity contribution in [2.75, 3.05) is 20.3 Å². The third-order valence-corrected chi connectivity index (χ3v) is 1.82. The van der Waals surface area contributed by atoms with E-state index in [2.05, 4.69) is 17.2 Å². The maximum absolute atomic E-state index is 11.2. The smallest absolute Gasteiger partial charge is 0.326 e. The van der Waals surface area contributed by atoms with Crippen molar-refractivity contribution in [3.63, 3.8) is 0 Å². The molecule has 0 aliphatic carbocycles. The molecule has 0 saturated heterocycles. The van der Waals surface area contributed by atoms with E-state index >= 15 is 0 Å². The summed E-state index contributed by atoms with van der Waals surface area (Å²) in [6, 6.07) is -1.43. The SMILES string of the molecule is C=CCC(NC(=O)NCCCOC)C(=O)O. The Labute approximate surface area is 94.7 Å². The zero-order valence-electron chi connectivity index (χ0n) is 9.36. The second-order valence-corrected chi connectivity index (χ2v) is 3.16. The Bertz CT molecular complexity index is 243. The van der Waals surface area contributed by atoms with Gasteiger partial charge in [0.15, 0.2) is 0 Å². The highest BCUT2D eigenvalue weighted by Gasteiger charge is 2.17. The van der Waals surface area contributed by atoms with E-state index in [4.69, 9.17) is 9.84 Å². The second kappa shape index (κ2) is 8.72. The molecule has 6 nitrogen and oxygen atoms in total. The minimum atomic E-state index is -1.08. The lowest BCUT2D eigenvalue weighted by Gasteiger charge is -2.13. The van der Waals surface area contributed by atoms with Gasteiger partial charge in [0.1, 0.15) is 6.04 Å². The standard InChI is InChI=1S/C10H18N2O4/c1-3-5-8(9(13)14)12-10(15)11-6-4-7-16-2/h3,8H,1,4-7H2,2H3,(H,13,14)(H2,11,12,15). The summed E-state index contributed by atoms with van der Waals surface area (Å²) in [5.41, 5.74) is 0. The van der Waals surface area contributed by atoms with Gasteiger partial charge in [0.05, 0.1) is 0 Å². The normalized spacial score (nSPS) is 11.6. The first kappa shape index (κ1) is 14.4. The number of ether oxygens (including phenoxy) is 1. The average Bonchev–Trinajstić information content (AvgIpc) is 2.23. The first-order valence-corrected chi connectivity index (χ1v) is 4.98. The second-order valence-electron chi connectivity index (χ2n) is 3.16. The molecule has 2 amide bonds. The summed E-state index contributed by atoms with van der Waals surface area (Å²) >= 11 is 0. The van der Waals surface area contributed by atoms with Crippen LogP contribution in [-0.2, 0) is 9.53 Å². The molecule has 1 atom stereocenters. The van der Waals surface area contributed by atoms with Crippen molar-refractivity contribution in [2.24, 2.45) is 0 Å². The Hall–Kier alpha value is -1.56. The highest BCUT2D eigenvalue weighted by molar-refractivity contribution is 5.82. The van der Waals surface area contributed by atoms with Gasteiger partial charge >= 0.3 is 12.0 Å². The van der Waals surface area contributed by atoms with Gasteiger partial charge in [-0.3, -0.25) is 0 Å². The fraction of sp³-hybridized carbons (Fsp3) is 0.600. The van der Waals surface area contributed by atoms with Crippen molar-refractivity contribution >= 4 is 12.0 Å². The molecule has 16 heavy (non-hydrogen) atoms. The van der Waals surface area contributed by atoms with Crippen molar-refractivity contribution in [3.8, 4) is 0 Å². The zero-order chi connectivity index (χ0) is 12.4. The molecular weight excluding hydrogens is 212 g/mol. The van der Waals surface area contributed by atoms with Crippen LogP contribution >= 0.6 is 0 Å². The summed E-state index contributed by atoms with van der Waals surface area (Å²) < 4.78 is 4.80. The summed E-state index contributed by atoms with van der Waals surface area (Å²) in [7, 11) is 1.57. The number of carboxylic acid groups (broad SMARTS) is 1. The van der Waals surface area contributed by atoms with E-state index in [0.29, 0.717) is 19.6 Å². The van der Waals surface area contributed by atoms with E-state index in [1.165, 1.54) is 6.08 Å². The van der Waals surface area contributed by atoms with Crippen molar-refractivity contribution < 1.29 is 19.4 Å². The van der Waals surface area contributed by atoms with E-state index in [9.17, 15) is 9.59 Å². The van der Waals surface area contributed by atoms with Gasteiger partial charge in [-0.05, 0) is 12.8 Å². The number of aliphatic carboxylic acids is 1. The highest BCUT2D eigenvalue weighted by atomic mass is 16.5. The van der Waals surface area contributed by atoms with Crippen LogP contribution in [0, 0.1) is 0 Å². The van der Waals surface area contributed by atoms with Gasteiger partial charge in [-0.15, -0.1) is 6.58 Å². The molecule has 0 heterocycles. The first-order valence-electron chi connectivity index (χ1n) is 4.98. The quantitative estimate of drug-likeness (QED) is 0.415. The van der Waals surface area contributed by atoms with Gasteiger partial charge in [-0.2, -0.15) is 0 Å². The number of hydrogen-bond donors (Lipinski definition) is 3. The zero-order valence-corrected chi connectivity index (χ0v) is 9.36. The summed E-state index contributed by atoms with van der Waals surface area (Å²) in [6.45, 7) is 4.42. The van der Waals surface area contributed by atoms with E-state index in [1.807, 2.05) is 0 Å². The number of nitrogens with one attached hydrogen (secondary N) is 2. The van der Waals surface area contributed by atoms with Gasteiger partial charge in [0.2, 0.25) is 0 Å². The molecule has 0 radical (unpaired) electrons. The minimum absolute atomic E-state index is 0.195. The summed E-state index contributed by atoms with van der Waals surface area (Å²) in [4.78, 5) is 21.9. The first-order chi connectivity index (χ1) is 7.61. The number of carbonyl (C=O) groups excluding carboxylic acids is 1. The van der Waals surface area contributed by atoms with Crippen LogP contribution < -0.4 is 10.6 Å².